The maximum atomic E-state index is 5.67. The molecule has 16 heavy (non-hydrogen) atoms. The molecule has 0 aliphatic carbocycles. The average molecular weight is 221 g/mol. The first kappa shape index (κ1) is 13.1. The third kappa shape index (κ3) is 3.03. The van der Waals surface area contributed by atoms with Crippen LogP contribution in [0.3, 0.4) is 0 Å². The fourth-order valence-electron chi connectivity index (χ4n) is 2.21. The van der Waals surface area contributed by atoms with E-state index in [4.69, 9.17) is 5.84 Å². The maximum Gasteiger partial charge on any atom is 0.0503 e. The van der Waals surface area contributed by atoms with E-state index in [1.165, 1.54) is 18.4 Å². The zero-order valence-electron chi connectivity index (χ0n) is 10.7. The van der Waals surface area contributed by atoms with Crippen LogP contribution in [0.2, 0.25) is 0 Å². The Bertz CT molecular complexity index is 336. The Morgan fingerprint density at radius 1 is 1.38 bits per heavy atom. The second-order valence-electron chi connectivity index (χ2n) is 4.54. The van der Waals surface area contributed by atoms with Crippen molar-refractivity contribution in [2.45, 2.75) is 46.6 Å². The first-order valence-electron chi connectivity index (χ1n) is 6.00. The van der Waals surface area contributed by atoms with Crippen LogP contribution in [0.1, 0.15) is 49.7 Å². The van der Waals surface area contributed by atoms with Crippen molar-refractivity contribution in [1.82, 2.24) is 10.4 Å². The summed E-state index contributed by atoms with van der Waals surface area (Å²) in [7, 11) is 0. The van der Waals surface area contributed by atoms with E-state index >= 15 is 0 Å². The molecule has 1 aromatic heterocycles. The highest BCUT2D eigenvalue weighted by atomic mass is 15.2. The summed E-state index contributed by atoms with van der Waals surface area (Å²) < 4.78 is 0. The topological polar surface area (TPSA) is 50.9 Å². The smallest absolute Gasteiger partial charge is 0.0503 e. The number of pyridine rings is 1. The molecule has 0 saturated carbocycles. The lowest BCUT2D eigenvalue weighted by molar-refractivity contribution is 0.366. The van der Waals surface area contributed by atoms with E-state index in [9.17, 15) is 0 Å². The standard InChI is InChI=1S/C13H23N3/c1-5-6-9(2)13(16-14)12-8-7-10(3)15-11(12)4/h7-9,13,16H,5-6,14H2,1-4H3. The van der Waals surface area contributed by atoms with E-state index in [0.29, 0.717) is 5.92 Å². The third-order valence-electron chi connectivity index (χ3n) is 3.09. The number of rotatable bonds is 5. The molecule has 0 bridgehead atoms. The highest BCUT2D eigenvalue weighted by Crippen LogP contribution is 2.26. The van der Waals surface area contributed by atoms with Gasteiger partial charge in [-0.05, 0) is 37.8 Å². The molecule has 1 aromatic rings. The van der Waals surface area contributed by atoms with Crippen molar-refractivity contribution >= 4 is 0 Å². The largest absolute Gasteiger partial charge is 0.271 e. The van der Waals surface area contributed by atoms with Crippen LogP contribution in [0.4, 0.5) is 0 Å². The molecule has 0 spiro atoms. The van der Waals surface area contributed by atoms with Gasteiger partial charge >= 0.3 is 0 Å². The van der Waals surface area contributed by atoms with Gasteiger partial charge in [0.25, 0.3) is 0 Å². The van der Waals surface area contributed by atoms with Crippen molar-refractivity contribution < 1.29 is 0 Å². The van der Waals surface area contributed by atoms with Gasteiger partial charge in [0.05, 0.1) is 6.04 Å². The molecule has 0 aliphatic rings. The summed E-state index contributed by atoms with van der Waals surface area (Å²) in [5.74, 6) is 6.19. The molecule has 0 fully saturated rings. The van der Waals surface area contributed by atoms with Gasteiger partial charge < -0.3 is 0 Å². The van der Waals surface area contributed by atoms with Crippen LogP contribution in [0.15, 0.2) is 12.1 Å². The molecule has 1 rings (SSSR count). The summed E-state index contributed by atoms with van der Waals surface area (Å²) >= 11 is 0. The van der Waals surface area contributed by atoms with E-state index in [-0.39, 0.29) is 6.04 Å². The minimum absolute atomic E-state index is 0.202. The number of aryl methyl sites for hydroxylation is 2. The van der Waals surface area contributed by atoms with Gasteiger partial charge in [-0.15, -0.1) is 0 Å². The van der Waals surface area contributed by atoms with Crippen LogP contribution in [0.25, 0.3) is 0 Å². The van der Waals surface area contributed by atoms with Gasteiger partial charge in [0.2, 0.25) is 0 Å². The van der Waals surface area contributed by atoms with Crippen molar-refractivity contribution in [3.05, 3.63) is 29.1 Å². The van der Waals surface area contributed by atoms with E-state index in [2.05, 4.69) is 30.3 Å². The molecule has 0 amide bonds. The highest BCUT2D eigenvalue weighted by molar-refractivity contribution is 5.25. The molecule has 90 valence electrons. The van der Waals surface area contributed by atoms with Crippen LogP contribution in [-0.4, -0.2) is 4.98 Å². The molecule has 3 heteroatoms. The maximum absolute atomic E-state index is 5.67. The summed E-state index contributed by atoms with van der Waals surface area (Å²) in [5, 5.41) is 0. The van der Waals surface area contributed by atoms with Crippen molar-refractivity contribution in [2.75, 3.05) is 0 Å². The van der Waals surface area contributed by atoms with Crippen molar-refractivity contribution in [3.8, 4) is 0 Å². The van der Waals surface area contributed by atoms with Crippen LogP contribution in [0.5, 0.6) is 0 Å². The lowest BCUT2D eigenvalue weighted by Crippen LogP contribution is -2.33. The van der Waals surface area contributed by atoms with Crippen molar-refractivity contribution in [2.24, 2.45) is 11.8 Å². The summed E-state index contributed by atoms with van der Waals surface area (Å²) in [5.41, 5.74) is 6.27. The number of hydrogen-bond acceptors (Lipinski definition) is 3. The van der Waals surface area contributed by atoms with Crippen LogP contribution in [-0.2, 0) is 0 Å². The molecule has 0 radical (unpaired) electrons. The summed E-state index contributed by atoms with van der Waals surface area (Å²) in [4.78, 5) is 4.49. The predicted molar refractivity (Wildman–Crippen MR) is 67.8 cm³/mol. The fourth-order valence-corrected chi connectivity index (χ4v) is 2.21. The highest BCUT2D eigenvalue weighted by Gasteiger charge is 2.19. The normalized spacial score (nSPS) is 14.8. The van der Waals surface area contributed by atoms with Crippen molar-refractivity contribution in [1.29, 1.82) is 0 Å². The summed E-state index contributed by atoms with van der Waals surface area (Å²) in [6.07, 6.45) is 2.35. The summed E-state index contributed by atoms with van der Waals surface area (Å²) in [6.45, 7) is 8.49. The molecule has 3 N–H and O–H groups in total. The minimum atomic E-state index is 0.202. The van der Waals surface area contributed by atoms with Gasteiger partial charge in [-0.3, -0.25) is 16.3 Å². The van der Waals surface area contributed by atoms with Gasteiger partial charge in [-0.25, -0.2) is 0 Å². The number of hydrogen-bond donors (Lipinski definition) is 2. The van der Waals surface area contributed by atoms with Gasteiger partial charge in [0.1, 0.15) is 0 Å². The average Bonchev–Trinajstić information content (AvgIpc) is 2.22. The lowest BCUT2D eigenvalue weighted by atomic mass is 9.90. The second kappa shape index (κ2) is 5.97. The molecule has 3 nitrogen and oxygen atoms in total. The molecule has 2 atom stereocenters. The fraction of sp³-hybridized carbons (Fsp3) is 0.615. The van der Waals surface area contributed by atoms with E-state index < -0.39 is 0 Å². The van der Waals surface area contributed by atoms with E-state index in [1.54, 1.807) is 0 Å². The molecule has 0 aliphatic heterocycles. The number of hydrazine groups is 1. The molecular formula is C13H23N3. The Hall–Kier alpha value is -0.930. The first-order valence-corrected chi connectivity index (χ1v) is 6.00. The van der Waals surface area contributed by atoms with E-state index in [0.717, 1.165) is 11.4 Å². The number of nitrogens with one attached hydrogen (secondary N) is 1. The molecule has 0 aromatic carbocycles. The molecule has 2 unspecified atom stereocenters. The monoisotopic (exact) mass is 221 g/mol. The zero-order chi connectivity index (χ0) is 12.1. The van der Waals surface area contributed by atoms with Gasteiger partial charge in [0.15, 0.2) is 0 Å². The van der Waals surface area contributed by atoms with Crippen LogP contribution < -0.4 is 11.3 Å². The van der Waals surface area contributed by atoms with Crippen LogP contribution >= 0.6 is 0 Å². The van der Waals surface area contributed by atoms with E-state index in [1.807, 2.05) is 19.9 Å². The quantitative estimate of drug-likeness (QED) is 0.593. The Morgan fingerprint density at radius 3 is 2.56 bits per heavy atom. The zero-order valence-corrected chi connectivity index (χ0v) is 10.7. The Morgan fingerprint density at radius 2 is 2.06 bits per heavy atom. The molecule has 0 saturated heterocycles. The van der Waals surface area contributed by atoms with Crippen LogP contribution in [0, 0.1) is 19.8 Å². The third-order valence-corrected chi connectivity index (χ3v) is 3.09. The first-order chi connectivity index (χ1) is 7.60. The molecule has 1 heterocycles. The van der Waals surface area contributed by atoms with Crippen molar-refractivity contribution in [3.63, 3.8) is 0 Å². The second-order valence-corrected chi connectivity index (χ2v) is 4.54. The lowest BCUT2D eigenvalue weighted by Gasteiger charge is -2.24. The number of nitrogens with zero attached hydrogens (tertiary/aromatic N) is 1. The van der Waals surface area contributed by atoms with Gasteiger partial charge in [0, 0.05) is 11.4 Å². The Balaban J connectivity index is 2.94. The minimum Gasteiger partial charge on any atom is -0.271 e. The number of aromatic nitrogens is 1. The predicted octanol–water partition coefficient (Wildman–Crippen LogP) is 2.64. The van der Waals surface area contributed by atoms with Gasteiger partial charge in [-0.2, -0.15) is 0 Å². The SMILES string of the molecule is CCCC(C)C(NN)c1ccc(C)nc1C. The van der Waals surface area contributed by atoms with Gasteiger partial charge in [-0.1, -0.05) is 26.3 Å². The Labute approximate surface area is 98.4 Å². The summed E-state index contributed by atoms with van der Waals surface area (Å²) in [6, 6.07) is 4.38. The number of nitrogens with two attached hydrogens (primary N) is 1. The Kier molecular flexibility index (Phi) is 4.90. The molecular weight excluding hydrogens is 198 g/mol.